The van der Waals surface area contributed by atoms with Gasteiger partial charge in [0.25, 0.3) is 0 Å². The van der Waals surface area contributed by atoms with E-state index in [1.165, 1.54) is 0 Å². The van der Waals surface area contributed by atoms with E-state index >= 15 is 0 Å². The number of aliphatic imine (C=N–C) groups is 1. The fourth-order valence-corrected chi connectivity index (χ4v) is 1.15. The summed E-state index contributed by atoms with van der Waals surface area (Å²) in [6.45, 7) is 7.28. The molecule has 2 N–H and O–H groups in total. The van der Waals surface area contributed by atoms with Crippen LogP contribution in [0.25, 0.3) is 0 Å². The number of carbonyl (C=O) groups is 2. The molecule has 0 aromatic rings. The van der Waals surface area contributed by atoms with Gasteiger partial charge in [0.05, 0.1) is 6.42 Å². The van der Waals surface area contributed by atoms with E-state index in [-0.39, 0.29) is 11.8 Å². The number of carboxylic acid groups (broad SMARTS) is 2. The third-order valence-corrected chi connectivity index (χ3v) is 1.91. The third-order valence-electron chi connectivity index (χ3n) is 1.91. The first-order valence-electron chi connectivity index (χ1n) is 5.12. The maximum Gasteiger partial charge on any atom is 0.328 e. The Balaban J connectivity index is 4.69. The number of hydrogen-bond donors (Lipinski definition) is 2. The van der Waals surface area contributed by atoms with Crippen molar-refractivity contribution in [2.24, 2.45) is 16.3 Å². The molecule has 0 aliphatic heterocycles. The summed E-state index contributed by atoms with van der Waals surface area (Å²) in [5.41, 5.74) is -0.212. The van der Waals surface area contributed by atoms with Crippen LogP contribution >= 0.6 is 0 Å². The molecule has 92 valence electrons. The van der Waals surface area contributed by atoms with Crippen molar-refractivity contribution in [1.29, 1.82) is 0 Å². The molecule has 16 heavy (non-hydrogen) atoms. The van der Waals surface area contributed by atoms with Crippen LogP contribution in [0, 0.1) is 11.3 Å². The van der Waals surface area contributed by atoms with Crippen LogP contribution in [0.4, 0.5) is 0 Å². The molecule has 0 aromatic carbocycles. The van der Waals surface area contributed by atoms with Crippen molar-refractivity contribution in [2.45, 2.75) is 40.2 Å². The van der Waals surface area contributed by atoms with Gasteiger partial charge in [0, 0.05) is 6.21 Å². The first kappa shape index (κ1) is 14.6. The molecule has 0 amide bonds. The van der Waals surface area contributed by atoms with Gasteiger partial charge >= 0.3 is 11.9 Å². The first-order chi connectivity index (χ1) is 7.13. The van der Waals surface area contributed by atoms with Gasteiger partial charge in [-0.2, -0.15) is 0 Å². The molecule has 0 spiro atoms. The van der Waals surface area contributed by atoms with Crippen LogP contribution in [-0.2, 0) is 9.59 Å². The average molecular weight is 229 g/mol. The first-order valence-corrected chi connectivity index (χ1v) is 5.12. The molecule has 0 aliphatic carbocycles. The summed E-state index contributed by atoms with van der Waals surface area (Å²) >= 11 is 0. The number of aliphatic carboxylic acids is 2. The summed E-state index contributed by atoms with van der Waals surface area (Å²) in [6, 6.07) is -0.990. The van der Waals surface area contributed by atoms with Crippen LogP contribution in [0.5, 0.6) is 0 Å². The zero-order valence-corrected chi connectivity index (χ0v) is 10.1. The SMILES string of the molecule is CC(CC(=O)O)C(/N=C/C(C)(C)C)C(=O)O. The second-order valence-electron chi connectivity index (χ2n) is 5.00. The van der Waals surface area contributed by atoms with Gasteiger partial charge in [-0.05, 0) is 11.3 Å². The van der Waals surface area contributed by atoms with E-state index in [2.05, 4.69) is 4.99 Å². The third kappa shape index (κ3) is 6.16. The Morgan fingerprint density at radius 3 is 2.12 bits per heavy atom. The monoisotopic (exact) mass is 229 g/mol. The van der Waals surface area contributed by atoms with Gasteiger partial charge < -0.3 is 10.2 Å². The van der Waals surface area contributed by atoms with Crippen molar-refractivity contribution in [3.63, 3.8) is 0 Å². The van der Waals surface area contributed by atoms with Gasteiger partial charge in [0.15, 0.2) is 0 Å². The molecule has 0 saturated carbocycles. The molecule has 0 heterocycles. The number of rotatable bonds is 5. The number of nitrogens with zero attached hydrogens (tertiary/aromatic N) is 1. The summed E-state index contributed by atoms with van der Waals surface area (Å²) in [6.07, 6.45) is 1.36. The van der Waals surface area contributed by atoms with Gasteiger partial charge in [-0.15, -0.1) is 0 Å². The molecule has 5 heteroatoms. The molecule has 0 rings (SSSR count). The van der Waals surface area contributed by atoms with Gasteiger partial charge in [-0.3, -0.25) is 9.79 Å². The molecule has 5 nitrogen and oxygen atoms in total. The Bertz CT molecular complexity index is 291. The quantitative estimate of drug-likeness (QED) is 0.702. The lowest BCUT2D eigenvalue weighted by Crippen LogP contribution is -2.28. The molecule has 0 bridgehead atoms. The minimum atomic E-state index is -1.09. The molecule has 2 atom stereocenters. The van der Waals surface area contributed by atoms with Crippen molar-refractivity contribution in [3.8, 4) is 0 Å². The maximum atomic E-state index is 10.9. The van der Waals surface area contributed by atoms with Gasteiger partial charge in [0.1, 0.15) is 6.04 Å². The molecule has 0 aliphatic rings. The van der Waals surface area contributed by atoms with Crippen LogP contribution in [0.3, 0.4) is 0 Å². The second-order valence-corrected chi connectivity index (χ2v) is 5.00. The van der Waals surface area contributed by atoms with E-state index in [9.17, 15) is 9.59 Å². The van der Waals surface area contributed by atoms with E-state index < -0.39 is 23.9 Å². The highest BCUT2D eigenvalue weighted by atomic mass is 16.4. The Labute approximate surface area is 95.2 Å². The summed E-state index contributed by atoms with van der Waals surface area (Å²) in [7, 11) is 0. The zero-order valence-electron chi connectivity index (χ0n) is 10.1. The lowest BCUT2D eigenvalue weighted by molar-refractivity contribution is -0.141. The molecule has 2 unspecified atom stereocenters. The summed E-state index contributed by atoms with van der Waals surface area (Å²) in [4.78, 5) is 25.4. The summed E-state index contributed by atoms with van der Waals surface area (Å²) in [5.74, 6) is -2.62. The highest BCUT2D eigenvalue weighted by molar-refractivity contribution is 5.78. The minimum absolute atomic E-state index is 0.196. The molecular formula is C11H19NO4. The number of carboxylic acids is 2. The maximum absolute atomic E-state index is 10.9. The normalized spacial score (nSPS) is 16.0. The largest absolute Gasteiger partial charge is 0.481 e. The van der Waals surface area contributed by atoms with Gasteiger partial charge in [0.2, 0.25) is 0 Å². The topological polar surface area (TPSA) is 87.0 Å². The highest BCUT2D eigenvalue weighted by Gasteiger charge is 2.25. The van der Waals surface area contributed by atoms with Crippen molar-refractivity contribution in [2.75, 3.05) is 0 Å². The Kier molecular flexibility index (Phi) is 5.14. The van der Waals surface area contributed by atoms with E-state index in [4.69, 9.17) is 10.2 Å². The van der Waals surface area contributed by atoms with Crippen LogP contribution < -0.4 is 0 Å². The van der Waals surface area contributed by atoms with Crippen LogP contribution in [0.2, 0.25) is 0 Å². The lowest BCUT2D eigenvalue weighted by atomic mass is 9.96. The summed E-state index contributed by atoms with van der Waals surface area (Å²) in [5, 5.41) is 17.5. The predicted octanol–water partition coefficient (Wildman–Crippen LogP) is 1.67. The number of hydrogen-bond acceptors (Lipinski definition) is 3. The van der Waals surface area contributed by atoms with Crippen molar-refractivity contribution in [3.05, 3.63) is 0 Å². The van der Waals surface area contributed by atoms with E-state index in [1.807, 2.05) is 20.8 Å². The van der Waals surface area contributed by atoms with E-state index in [0.29, 0.717) is 0 Å². The standard InChI is InChI=1S/C11H19NO4/c1-7(5-8(13)14)9(10(15)16)12-6-11(2,3)4/h6-7,9H,5H2,1-4H3,(H,13,14)(H,15,16)/b12-6+. The van der Waals surface area contributed by atoms with E-state index in [0.717, 1.165) is 0 Å². The van der Waals surface area contributed by atoms with Crippen molar-refractivity contribution >= 4 is 18.2 Å². The Morgan fingerprint density at radius 2 is 1.81 bits per heavy atom. The zero-order chi connectivity index (χ0) is 12.9. The van der Waals surface area contributed by atoms with E-state index in [1.54, 1.807) is 13.1 Å². The Morgan fingerprint density at radius 1 is 1.31 bits per heavy atom. The lowest BCUT2D eigenvalue weighted by Gasteiger charge is -2.17. The predicted molar refractivity (Wildman–Crippen MR) is 60.8 cm³/mol. The molecule has 0 aromatic heterocycles. The fourth-order valence-electron chi connectivity index (χ4n) is 1.15. The highest BCUT2D eigenvalue weighted by Crippen LogP contribution is 2.15. The second kappa shape index (κ2) is 5.63. The van der Waals surface area contributed by atoms with Crippen LogP contribution in [-0.4, -0.2) is 34.4 Å². The summed E-state index contributed by atoms with van der Waals surface area (Å²) < 4.78 is 0. The van der Waals surface area contributed by atoms with Gasteiger partial charge in [-0.1, -0.05) is 27.7 Å². The van der Waals surface area contributed by atoms with Gasteiger partial charge in [-0.25, -0.2) is 4.79 Å². The van der Waals surface area contributed by atoms with Crippen LogP contribution in [0.1, 0.15) is 34.1 Å². The Hall–Kier alpha value is -1.39. The van der Waals surface area contributed by atoms with Crippen molar-refractivity contribution in [1.82, 2.24) is 0 Å². The van der Waals surface area contributed by atoms with Crippen LogP contribution in [0.15, 0.2) is 4.99 Å². The molecular weight excluding hydrogens is 210 g/mol. The smallest absolute Gasteiger partial charge is 0.328 e. The average Bonchev–Trinajstić information content (AvgIpc) is 1.99. The molecule has 0 fully saturated rings. The minimum Gasteiger partial charge on any atom is -0.481 e. The molecule has 0 saturated heterocycles. The molecule has 0 radical (unpaired) electrons. The fraction of sp³-hybridized carbons (Fsp3) is 0.727. The van der Waals surface area contributed by atoms with Crippen molar-refractivity contribution < 1.29 is 19.8 Å².